The molecule has 0 rings (SSSR count). The van der Waals surface area contributed by atoms with Gasteiger partial charge >= 0.3 is 5.97 Å². The molecule has 0 aromatic carbocycles. The van der Waals surface area contributed by atoms with Crippen LogP contribution in [0.15, 0.2) is 36.5 Å². The van der Waals surface area contributed by atoms with Gasteiger partial charge in [0.15, 0.2) is 0 Å². The van der Waals surface area contributed by atoms with E-state index in [-0.39, 0.29) is 24.9 Å². The molecule has 3 atom stereocenters. The zero-order chi connectivity index (χ0) is 43.1. The number of ether oxygens (including phenoxy) is 1. The van der Waals surface area contributed by atoms with Gasteiger partial charge in [-0.25, -0.2) is 0 Å². The molecule has 6 nitrogen and oxygen atoms in total. The van der Waals surface area contributed by atoms with Gasteiger partial charge < -0.3 is 20.3 Å². The van der Waals surface area contributed by atoms with Crippen molar-refractivity contribution in [3.8, 4) is 0 Å². The van der Waals surface area contributed by atoms with Crippen molar-refractivity contribution in [3.63, 3.8) is 0 Å². The molecule has 0 aromatic heterocycles. The summed E-state index contributed by atoms with van der Waals surface area (Å²) in [5, 5.41) is 23.7. The second-order valence-electron chi connectivity index (χ2n) is 17.6. The lowest BCUT2D eigenvalue weighted by Gasteiger charge is -2.24. The molecule has 3 unspecified atom stereocenters. The van der Waals surface area contributed by atoms with E-state index in [1.807, 2.05) is 0 Å². The van der Waals surface area contributed by atoms with Crippen molar-refractivity contribution in [3.05, 3.63) is 36.5 Å². The Morgan fingerprint density at radius 3 is 1.34 bits per heavy atom. The number of rotatable bonds is 46. The summed E-state index contributed by atoms with van der Waals surface area (Å²) >= 11 is 0. The monoisotopic (exact) mass is 830 g/mol. The highest BCUT2D eigenvalue weighted by molar-refractivity contribution is 5.77. The second kappa shape index (κ2) is 47.1. The lowest BCUT2D eigenvalue weighted by molar-refractivity contribution is -0.151. The number of esters is 1. The maximum absolute atomic E-state index is 13.2. The molecule has 0 saturated carbocycles. The highest BCUT2D eigenvalue weighted by Gasteiger charge is 2.24. The van der Waals surface area contributed by atoms with Crippen LogP contribution < -0.4 is 5.32 Å². The highest BCUT2D eigenvalue weighted by Crippen LogP contribution is 2.18. The Morgan fingerprint density at radius 2 is 0.864 bits per heavy atom. The number of carbonyl (C=O) groups is 2. The molecule has 0 aliphatic heterocycles. The zero-order valence-electron chi connectivity index (χ0n) is 39.4. The summed E-state index contributed by atoms with van der Waals surface area (Å²) in [6.45, 7) is 6.45. The first-order valence-corrected chi connectivity index (χ1v) is 25.7. The molecule has 0 bridgehead atoms. The zero-order valence-corrected chi connectivity index (χ0v) is 39.4. The van der Waals surface area contributed by atoms with E-state index in [4.69, 9.17) is 4.74 Å². The molecule has 6 heteroatoms. The molecule has 0 fully saturated rings. The number of amides is 1. The topological polar surface area (TPSA) is 95.9 Å². The number of carbonyl (C=O) groups excluding carboxylic acids is 2. The first-order chi connectivity index (χ1) is 29.0. The van der Waals surface area contributed by atoms with Gasteiger partial charge in [0.1, 0.15) is 6.10 Å². The van der Waals surface area contributed by atoms with Crippen LogP contribution >= 0.6 is 0 Å². The molecule has 0 radical (unpaired) electrons. The van der Waals surface area contributed by atoms with E-state index in [1.54, 1.807) is 0 Å². The Balaban J connectivity index is 4.61. The molecule has 3 N–H and O–H groups in total. The summed E-state index contributed by atoms with van der Waals surface area (Å²) in [5.74, 6) is -0.487. The lowest BCUT2D eigenvalue weighted by atomic mass is 10.0. The first kappa shape index (κ1) is 57.1. The van der Waals surface area contributed by atoms with E-state index in [9.17, 15) is 19.8 Å². The highest BCUT2D eigenvalue weighted by atomic mass is 16.5. The Labute approximate surface area is 366 Å². The average molecular weight is 830 g/mol. The average Bonchev–Trinajstić information content (AvgIpc) is 3.23. The van der Waals surface area contributed by atoms with Crippen molar-refractivity contribution in [1.82, 2.24) is 5.32 Å². The van der Waals surface area contributed by atoms with Gasteiger partial charge in [0.05, 0.1) is 25.2 Å². The minimum Gasteiger partial charge on any atom is -0.462 e. The van der Waals surface area contributed by atoms with Gasteiger partial charge in [-0.1, -0.05) is 224 Å². The fourth-order valence-electron chi connectivity index (χ4n) is 7.79. The Bertz CT molecular complexity index is 977. The summed E-state index contributed by atoms with van der Waals surface area (Å²) < 4.78 is 5.92. The van der Waals surface area contributed by atoms with Gasteiger partial charge in [-0.05, 0) is 64.2 Å². The summed E-state index contributed by atoms with van der Waals surface area (Å²) in [4.78, 5) is 26.1. The van der Waals surface area contributed by atoms with Crippen molar-refractivity contribution < 1.29 is 24.5 Å². The maximum atomic E-state index is 13.2. The number of hydrogen-bond donors (Lipinski definition) is 3. The van der Waals surface area contributed by atoms with Crippen molar-refractivity contribution in [2.45, 2.75) is 283 Å². The van der Waals surface area contributed by atoms with Crippen LogP contribution in [0, 0.1) is 0 Å². The van der Waals surface area contributed by atoms with E-state index in [1.165, 1.54) is 135 Å². The first-order valence-electron chi connectivity index (χ1n) is 25.7. The number of aliphatic hydroxyl groups is 2. The van der Waals surface area contributed by atoms with Gasteiger partial charge in [-0.3, -0.25) is 9.59 Å². The normalized spacial score (nSPS) is 13.5. The molecule has 0 heterocycles. The second-order valence-corrected chi connectivity index (χ2v) is 17.6. The van der Waals surface area contributed by atoms with Crippen molar-refractivity contribution in [2.75, 3.05) is 6.61 Å². The van der Waals surface area contributed by atoms with E-state index in [0.717, 1.165) is 83.5 Å². The Hall–Kier alpha value is -1.92. The van der Waals surface area contributed by atoms with Crippen LogP contribution in [-0.4, -0.2) is 46.9 Å². The van der Waals surface area contributed by atoms with Crippen molar-refractivity contribution in [1.29, 1.82) is 0 Å². The standard InChI is InChI=1S/C53H99NO5/c1-4-7-10-13-16-19-22-24-25-26-27-28-30-32-35-38-41-44-49(59-53(58)46-43-40-37-34-29-21-18-15-12-9-6-3)47-52(57)54-50(48-55)51(56)45-42-39-36-33-31-23-20-17-14-11-8-5-2/h16,19,24-25,27-28,49-51,55-56H,4-15,17-18,20-23,26,29-48H2,1-3H3,(H,54,57)/b19-16-,25-24-,28-27-. The van der Waals surface area contributed by atoms with Crippen LogP contribution in [0.1, 0.15) is 265 Å². The number of nitrogens with one attached hydrogen (secondary N) is 1. The van der Waals surface area contributed by atoms with Crippen LogP contribution in [-0.2, 0) is 14.3 Å². The van der Waals surface area contributed by atoms with Crippen LogP contribution in [0.2, 0.25) is 0 Å². The van der Waals surface area contributed by atoms with Gasteiger partial charge in [-0.15, -0.1) is 0 Å². The van der Waals surface area contributed by atoms with Crippen molar-refractivity contribution in [2.24, 2.45) is 0 Å². The van der Waals surface area contributed by atoms with Gasteiger partial charge in [0.2, 0.25) is 5.91 Å². The number of aliphatic hydroxyl groups excluding tert-OH is 2. The summed E-state index contributed by atoms with van der Waals surface area (Å²) in [7, 11) is 0. The quantitative estimate of drug-likeness (QED) is 0.0323. The van der Waals surface area contributed by atoms with Gasteiger partial charge in [0.25, 0.3) is 0 Å². The van der Waals surface area contributed by atoms with E-state index in [2.05, 4.69) is 62.5 Å². The molecule has 0 spiro atoms. The third kappa shape index (κ3) is 42.6. The van der Waals surface area contributed by atoms with Crippen LogP contribution in [0.4, 0.5) is 0 Å². The molecule has 0 aromatic rings. The molecule has 1 amide bonds. The predicted molar refractivity (Wildman–Crippen MR) is 255 cm³/mol. The fourth-order valence-corrected chi connectivity index (χ4v) is 7.79. The molecular formula is C53H99NO5. The summed E-state index contributed by atoms with van der Waals surface area (Å²) in [5.41, 5.74) is 0. The van der Waals surface area contributed by atoms with E-state index < -0.39 is 18.2 Å². The van der Waals surface area contributed by atoms with Crippen molar-refractivity contribution >= 4 is 11.9 Å². The smallest absolute Gasteiger partial charge is 0.306 e. The minimum absolute atomic E-state index is 0.0662. The third-order valence-corrected chi connectivity index (χ3v) is 11.7. The Morgan fingerprint density at radius 1 is 0.492 bits per heavy atom. The van der Waals surface area contributed by atoms with Gasteiger partial charge in [0, 0.05) is 6.42 Å². The molecule has 59 heavy (non-hydrogen) atoms. The minimum atomic E-state index is -0.790. The van der Waals surface area contributed by atoms with E-state index in [0.29, 0.717) is 19.3 Å². The van der Waals surface area contributed by atoms with Crippen LogP contribution in [0.5, 0.6) is 0 Å². The molecule has 0 aliphatic carbocycles. The predicted octanol–water partition coefficient (Wildman–Crippen LogP) is 15.3. The number of allylic oxidation sites excluding steroid dienone is 6. The molecule has 0 saturated heterocycles. The summed E-state index contributed by atoms with van der Waals surface area (Å²) in [6.07, 6.45) is 54.8. The fraction of sp³-hybridized carbons (Fsp3) is 0.849. The van der Waals surface area contributed by atoms with Gasteiger partial charge in [-0.2, -0.15) is 0 Å². The lowest BCUT2D eigenvalue weighted by Crippen LogP contribution is -2.46. The number of hydrogen-bond acceptors (Lipinski definition) is 5. The third-order valence-electron chi connectivity index (χ3n) is 11.7. The largest absolute Gasteiger partial charge is 0.462 e. The Kier molecular flexibility index (Phi) is 45.6. The molecule has 0 aliphatic rings. The molecular weight excluding hydrogens is 731 g/mol. The van der Waals surface area contributed by atoms with Crippen LogP contribution in [0.25, 0.3) is 0 Å². The van der Waals surface area contributed by atoms with E-state index >= 15 is 0 Å². The maximum Gasteiger partial charge on any atom is 0.306 e. The molecule has 346 valence electrons. The van der Waals surface area contributed by atoms with Crippen LogP contribution in [0.3, 0.4) is 0 Å². The SMILES string of the molecule is CCCCC/C=C\C/C=C\C/C=C\CCCCCCC(CC(=O)NC(CO)C(O)CCCCCCCCCCCCCC)OC(=O)CCCCCCCCCCCCC. The number of unbranched alkanes of at least 4 members (excludes halogenated alkanes) is 28. The summed E-state index contributed by atoms with van der Waals surface area (Å²) in [6, 6.07) is -0.705.